The van der Waals surface area contributed by atoms with E-state index >= 15 is 0 Å². The fourth-order valence-corrected chi connectivity index (χ4v) is 1.22. The first-order valence-corrected chi connectivity index (χ1v) is 3.96. The summed E-state index contributed by atoms with van der Waals surface area (Å²) >= 11 is 0. The van der Waals surface area contributed by atoms with Crippen LogP contribution in [0.3, 0.4) is 0 Å². The van der Waals surface area contributed by atoms with Gasteiger partial charge in [0.2, 0.25) is 0 Å². The molecule has 0 bridgehead atoms. The SMILES string of the molecule is Nc1ccc(C2C=NC(=O)N2)cc1. The Kier molecular flexibility index (Phi) is 1.73. The van der Waals surface area contributed by atoms with Gasteiger partial charge in [0.25, 0.3) is 0 Å². The molecule has 0 aromatic heterocycles. The molecule has 0 fully saturated rings. The van der Waals surface area contributed by atoms with Gasteiger partial charge in [-0.05, 0) is 17.7 Å². The molecule has 2 rings (SSSR count). The second-order valence-corrected chi connectivity index (χ2v) is 2.87. The molecule has 66 valence electrons. The molecule has 1 unspecified atom stereocenters. The van der Waals surface area contributed by atoms with E-state index in [1.807, 2.05) is 12.1 Å². The molecule has 0 aliphatic carbocycles. The van der Waals surface area contributed by atoms with Crippen LogP contribution < -0.4 is 11.1 Å². The number of aliphatic imine (C=N–C) groups is 1. The van der Waals surface area contributed by atoms with Crippen LogP contribution in [-0.4, -0.2) is 12.2 Å². The van der Waals surface area contributed by atoms with Crippen LogP contribution in [0, 0.1) is 0 Å². The number of urea groups is 1. The summed E-state index contributed by atoms with van der Waals surface area (Å²) in [6, 6.07) is 6.95. The highest BCUT2D eigenvalue weighted by molar-refractivity contribution is 5.93. The summed E-state index contributed by atoms with van der Waals surface area (Å²) in [5, 5.41) is 2.69. The molecule has 1 aromatic rings. The van der Waals surface area contributed by atoms with E-state index in [1.54, 1.807) is 18.3 Å². The van der Waals surface area contributed by atoms with Crippen LogP contribution in [0.2, 0.25) is 0 Å². The summed E-state index contributed by atoms with van der Waals surface area (Å²) in [6.45, 7) is 0. The zero-order chi connectivity index (χ0) is 9.26. The van der Waals surface area contributed by atoms with Gasteiger partial charge in [-0.15, -0.1) is 0 Å². The van der Waals surface area contributed by atoms with Crippen molar-refractivity contribution in [2.24, 2.45) is 4.99 Å². The van der Waals surface area contributed by atoms with E-state index < -0.39 is 0 Å². The number of anilines is 1. The Morgan fingerprint density at radius 2 is 2.00 bits per heavy atom. The maximum absolute atomic E-state index is 10.8. The monoisotopic (exact) mass is 175 g/mol. The average Bonchev–Trinajstić information content (AvgIpc) is 2.53. The summed E-state index contributed by atoms with van der Waals surface area (Å²) in [5.74, 6) is 0. The summed E-state index contributed by atoms with van der Waals surface area (Å²) in [6.07, 6.45) is 1.59. The van der Waals surface area contributed by atoms with Gasteiger partial charge in [-0.3, -0.25) is 0 Å². The Hall–Kier alpha value is -1.84. The van der Waals surface area contributed by atoms with Crippen LogP contribution in [0.25, 0.3) is 0 Å². The number of nitrogens with zero attached hydrogens (tertiary/aromatic N) is 1. The number of rotatable bonds is 1. The number of hydrogen-bond donors (Lipinski definition) is 2. The molecule has 0 saturated carbocycles. The summed E-state index contributed by atoms with van der Waals surface area (Å²) in [7, 11) is 0. The highest BCUT2D eigenvalue weighted by atomic mass is 16.2. The molecule has 4 heteroatoms. The van der Waals surface area contributed by atoms with E-state index in [0.717, 1.165) is 5.56 Å². The molecule has 0 spiro atoms. The lowest BCUT2D eigenvalue weighted by Gasteiger charge is -2.07. The number of nitrogen functional groups attached to an aromatic ring is 1. The van der Waals surface area contributed by atoms with Gasteiger partial charge in [-0.1, -0.05) is 12.1 Å². The lowest BCUT2D eigenvalue weighted by Crippen LogP contribution is -2.19. The minimum atomic E-state index is -0.290. The summed E-state index contributed by atoms with van der Waals surface area (Å²) < 4.78 is 0. The van der Waals surface area contributed by atoms with E-state index in [1.165, 1.54) is 0 Å². The van der Waals surface area contributed by atoms with Crippen molar-refractivity contribution >= 4 is 17.9 Å². The van der Waals surface area contributed by atoms with Crippen molar-refractivity contribution in [3.8, 4) is 0 Å². The predicted octanol–water partition coefficient (Wildman–Crippen LogP) is 1.10. The average molecular weight is 175 g/mol. The number of carbonyl (C=O) groups excluding carboxylic acids is 1. The van der Waals surface area contributed by atoms with E-state index in [4.69, 9.17) is 5.73 Å². The lowest BCUT2D eigenvalue weighted by atomic mass is 10.1. The molecule has 13 heavy (non-hydrogen) atoms. The highest BCUT2D eigenvalue weighted by Crippen LogP contribution is 2.15. The Morgan fingerprint density at radius 3 is 2.54 bits per heavy atom. The molecule has 3 N–H and O–H groups in total. The molecule has 1 heterocycles. The van der Waals surface area contributed by atoms with Gasteiger partial charge in [0.05, 0.1) is 6.04 Å². The van der Waals surface area contributed by atoms with Crippen molar-refractivity contribution in [1.82, 2.24) is 5.32 Å². The Balaban J connectivity index is 2.22. The highest BCUT2D eigenvalue weighted by Gasteiger charge is 2.16. The molecule has 1 aromatic carbocycles. The van der Waals surface area contributed by atoms with Gasteiger partial charge < -0.3 is 11.1 Å². The number of hydrogen-bond acceptors (Lipinski definition) is 2. The van der Waals surface area contributed by atoms with E-state index in [0.29, 0.717) is 5.69 Å². The van der Waals surface area contributed by atoms with Crippen LogP contribution in [-0.2, 0) is 0 Å². The van der Waals surface area contributed by atoms with Crippen LogP contribution in [0.4, 0.5) is 10.5 Å². The Bertz CT molecular complexity index is 356. The van der Waals surface area contributed by atoms with Crippen molar-refractivity contribution in [3.63, 3.8) is 0 Å². The van der Waals surface area contributed by atoms with Gasteiger partial charge in [-0.2, -0.15) is 0 Å². The van der Waals surface area contributed by atoms with Gasteiger partial charge >= 0.3 is 6.03 Å². The van der Waals surface area contributed by atoms with Crippen molar-refractivity contribution in [2.45, 2.75) is 6.04 Å². The number of benzene rings is 1. The maximum atomic E-state index is 10.8. The number of amides is 2. The first kappa shape index (κ1) is 7.79. The normalized spacial score (nSPS) is 20.3. The molecular formula is C9H9N3O. The third kappa shape index (κ3) is 1.51. The molecule has 4 nitrogen and oxygen atoms in total. The third-order valence-electron chi connectivity index (χ3n) is 1.92. The van der Waals surface area contributed by atoms with Crippen molar-refractivity contribution < 1.29 is 4.79 Å². The standard InChI is InChI=1S/C9H9N3O/c10-7-3-1-6(2-4-7)8-5-11-9(13)12-8/h1-5,8H,10H2,(H,12,13). The first-order chi connectivity index (χ1) is 6.25. The van der Waals surface area contributed by atoms with Crippen molar-refractivity contribution in [3.05, 3.63) is 29.8 Å². The van der Waals surface area contributed by atoms with Gasteiger partial charge in [0.1, 0.15) is 0 Å². The molecule has 0 radical (unpaired) electrons. The molecular weight excluding hydrogens is 166 g/mol. The van der Waals surface area contributed by atoms with Gasteiger partial charge in [0, 0.05) is 11.9 Å². The zero-order valence-corrected chi connectivity index (χ0v) is 6.90. The Labute approximate surface area is 75.5 Å². The fourth-order valence-electron chi connectivity index (χ4n) is 1.22. The summed E-state index contributed by atoms with van der Waals surface area (Å²) in [4.78, 5) is 14.4. The molecule has 1 aliphatic heterocycles. The maximum Gasteiger partial charge on any atom is 0.341 e. The number of nitrogens with one attached hydrogen (secondary N) is 1. The molecule has 1 aliphatic rings. The molecule has 1 atom stereocenters. The van der Waals surface area contributed by atoms with E-state index in [9.17, 15) is 4.79 Å². The fraction of sp³-hybridized carbons (Fsp3) is 0.111. The molecule has 0 saturated heterocycles. The lowest BCUT2D eigenvalue weighted by molar-refractivity contribution is 0.250. The third-order valence-corrected chi connectivity index (χ3v) is 1.92. The quantitative estimate of drug-likeness (QED) is 0.627. The summed E-state index contributed by atoms with van der Waals surface area (Å²) in [5.41, 5.74) is 7.23. The van der Waals surface area contributed by atoms with Crippen LogP contribution in [0.1, 0.15) is 11.6 Å². The minimum absolute atomic E-state index is 0.104. The van der Waals surface area contributed by atoms with E-state index in [-0.39, 0.29) is 12.1 Å². The number of nitrogens with two attached hydrogens (primary N) is 1. The largest absolute Gasteiger partial charge is 0.399 e. The van der Waals surface area contributed by atoms with Crippen LogP contribution >= 0.6 is 0 Å². The second-order valence-electron chi connectivity index (χ2n) is 2.87. The van der Waals surface area contributed by atoms with Crippen LogP contribution in [0.5, 0.6) is 0 Å². The minimum Gasteiger partial charge on any atom is -0.399 e. The van der Waals surface area contributed by atoms with Crippen LogP contribution in [0.15, 0.2) is 29.3 Å². The van der Waals surface area contributed by atoms with Crippen molar-refractivity contribution in [1.29, 1.82) is 0 Å². The van der Waals surface area contributed by atoms with E-state index in [2.05, 4.69) is 10.3 Å². The van der Waals surface area contributed by atoms with Crippen molar-refractivity contribution in [2.75, 3.05) is 5.73 Å². The number of carbonyl (C=O) groups is 1. The predicted molar refractivity (Wildman–Crippen MR) is 50.6 cm³/mol. The first-order valence-electron chi connectivity index (χ1n) is 3.96. The Morgan fingerprint density at radius 1 is 1.31 bits per heavy atom. The van der Waals surface area contributed by atoms with Gasteiger partial charge in [0.15, 0.2) is 0 Å². The second kappa shape index (κ2) is 2.90. The zero-order valence-electron chi connectivity index (χ0n) is 6.90. The van der Waals surface area contributed by atoms with Gasteiger partial charge in [-0.25, -0.2) is 9.79 Å². The smallest absolute Gasteiger partial charge is 0.341 e. The molecule has 2 amide bonds. The topological polar surface area (TPSA) is 67.5 Å².